The summed E-state index contributed by atoms with van der Waals surface area (Å²) < 4.78 is 41.7. The first kappa shape index (κ1) is 15.5. The first-order chi connectivity index (χ1) is 9.87. The van der Waals surface area contributed by atoms with E-state index in [1.807, 2.05) is 0 Å². The zero-order valence-corrected chi connectivity index (χ0v) is 12.0. The van der Waals surface area contributed by atoms with Gasteiger partial charge >= 0.3 is 6.18 Å². The minimum absolute atomic E-state index is 0.0186. The molecule has 0 aliphatic heterocycles. The molecule has 0 unspecified atom stereocenters. The molecule has 0 fully saturated rings. The van der Waals surface area contributed by atoms with E-state index in [2.05, 4.69) is 41.0 Å². The van der Waals surface area contributed by atoms with Gasteiger partial charge < -0.3 is 9.84 Å². The molecule has 0 spiro atoms. The molecule has 2 rings (SSSR count). The van der Waals surface area contributed by atoms with Crippen LogP contribution in [0.5, 0.6) is 0 Å². The number of nitrogens with one attached hydrogen (secondary N) is 1. The number of hydrogen-bond donors (Lipinski definition) is 1. The Bertz CT molecular complexity index is 656. The second-order valence-electron chi connectivity index (χ2n) is 3.97. The summed E-state index contributed by atoms with van der Waals surface area (Å²) in [6.07, 6.45) is -1.75. The smallest absolute Gasteiger partial charge is 0.382 e. The number of alkyl halides is 3. The number of hydrogen-bond acceptors (Lipinski definition) is 6. The Morgan fingerprint density at radius 2 is 2.19 bits per heavy atom. The van der Waals surface area contributed by atoms with Gasteiger partial charge in [-0.1, -0.05) is 5.16 Å². The topological polar surface area (TPSA) is 85.8 Å². The quantitative estimate of drug-likeness (QED) is 0.863. The molecule has 1 N–H and O–H groups in total. The third kappa shape index (κ3) is 4.28. The van der Waals surface area contributed by atoms with E-state index in [1.54, 1.807) is 0 Å². The lowest BCUT2D eigenvalue weighted by atomic mass is 10.4. The van der Waals surface area contributed by atoms with Gasteiger partial charge in [-0.25, -0.2) is 4.68 Å². The van der Waals surface area contributed by atoms with E-state index in [9.17, 15) is 18.0 Å². The number of rotatable bonds is 5. The van der Waals surface area contributed by atoms with Gasteiger partial charge in [-0.05, 0) is 15.9 Å². The molecule has 0 atom stereocenters. The molecule has 0 radical (unpaired) electrons. The lowest BCUT2D eigenvalue weighted by Crippen LogP contribution is -2.31. The first-order valence-corrected chi connectivity index (χ1v) is 6.47. The zero-order valence-electron chi connectivity index (χ0n) is 10.4. The molecule has 7 nitrogen and oxygen atoms in total. The summed E-state index contributed by atoms with van der Waals surface area (Å²) in [5.74, 6) is 0.469. The van der Waals surface area contributed by atoms with Crippen molar-refractivity contribution in [2.75, 3.05) is 11.9 Å². The van der Waals surface area contributed by atoms with E-state index in [4.69, 9.17) is 0 Å². The van der Waals surface area contributed by atoms with Gasteiger partial charge in [0.2, 0.25) is 6.39 Å². The van der Waals surface area contributed by atoms with Crippen LogP contribution in [0.15, 0.2) is 26.4 Å². The standard InChI is InChI=1S/C10H9BrF3N5O2/c11-8-6(15-2-1-7-16-5-21-18-7)3-17-19(9(8)20)4-10(12,13)14/h3,5,15H,1-2,4H2. The van der Waals surface area contributed by atoms with Gasteiger partial charge in [0.05, 0.1) is 11.9 Å². The van der Waals surface area contributed by atoms with Gasteiger partial charge in [0.15, 0.2) is 5.82 Å². The largest absolute Gasteiger partial charge is 0.408 e. The van der Waals surface area contributed by atoms with Crippen molar-refractivity contribution in [1.29, 1.82) is 0 Å². The van der Waals surface area contributed by atoms with Gasteiger partial charge in [-0.3, -0.25) is 4.79 Å². The predicted octanol–water partition coefficient (Wildman–Crippen LogP) is 1.61. The van der Waals surface area contributed by atoms with Crippen LogP contribution in [-0.4, -0.2) is 32.6 Å². The van der Waals surface area contributed by atoms with Crippen LogP contribution in [0.4, 0.5) is 18.9 Å². The predicted molar refractivity (Wildman–Crippen MR) is 68.7 cm³/mol. The number of anilines is 1. The monoisotopic (exact) mass is 367 g/mol. The highest BCUT2D eigenvalue weighted by atomic mass is 79.9. The van der Waals surface area contributed by atoms with Crippen molar-refractivity contribution in [2.24, 2.45) is 0 Å². The Hall–Kier alpha value is -1.91. The Morgan fingerprint density at radius 1 is 1.43 bits per heavy atom. The van der Waals surface area contributed by atoms with Gasteiger partial charge in [0.25, 0.3) is 5.56 Å². The molecule has 0 aliphatic carbocycles. The molecule has 2 heterocycles. The number of aromatic nitrogens is 4. The molecular weight excluding hydrogens is 359 g/mol. The minimum Gasteiger partial charge on any atom is -0.382 e. The highest BCUT2D eigenvalue weighted by Gasteiger charge is 2.29. The fourth-order valence-electron chi connectivity index (χ4n) is 1.48. The highest BCUT2D eigenvalue weighted by molar-refractivity contribution is 9.10. The number of halogens is 4. The summed E-state index contributed by atoms with van der Waals surface area (Å²) in [5, 5.41) is 9.94. The van der Waals surface area contributed by atoms with Crippen molar-refractivity contribution in [3.63, 3.8) is 0 Å². The fourth-order valence-corrected chi connectivity index (χ4v) is 1.93. The van der Waals surface area contributed by atoms with Crippen molar-refractivity contribution in [3.05, 3.63) is 33.2 Å². The van der Waals surface area contributed by atoms with Crippen LogP contribution < -0.4 is 10.9 Å². The minimum atomic E-state index is -4.51. The molecule has 2 aromatic heterocycles. The lowest BCUT2D eigenvalue weighted by molar-refractivity contribution is -0.143. The van der Waals surface area contributed by atoms with Crippen molar-refractivity contribution < 1.29 is 17.7 Å². The van der Waals surface area contributed by atoms with Crippen molar-refractivity contribution >= 4 is 21.6 Å². The molecular formula is C10H9BrF3N5O2. The molecule has 11 heteroatoms. The Labute approximate surface area is 124 Å². The van der Waals surface area contributed by atoms with E-state index in [-0.39, 0.29) is 4.47 Å². The van der Waals surface area contributed by atoms with E-state index in [0.29, 0.717) is 29.2 Å². The second-order valence-corrected chi connectivity index (χ2v) is 4.77. The van der Waals surface area contributed by atoms with Crippen LogP contribution in [0.25, 0.3) is 0 Å². The van der Waals surface area contributed by atoms with E-state index in [0.717, 1.165) is 6.20 Å². The van der Waals surface area contributed by atoms with E-state index < -0.39 is 18.3 Å². The first-order valence-electron chi connectivity index (χ1n) is 5.68. The van der Waals surface area contributed by atoms with E-state index >= 15 is 0 Å². The Morgan fingerprint density at radius 3 is 2.81 bits per heavy atom. The van der Waals surface area contributed by atoms with Gasteiger partial charge in [0, 0.05) is 13.0 Å². The summed E-state index contributed by atoms with van der Waals surface area (Å²) in [7, 11) is 0. The molecule has 0 amide bonds. The second kappa shape index (κ2) is 6.24. The van der Waals surface area contributed by atoms with Crippen molar-refractivity contribution in [1.82, 2.24) is 19.9 Å². The Balaban J connectivity index is 2.04. The molecule has 2 aromatic rings. The summed E-state index contributed by atoms with van der Waals surface area (Å²) >= 11 is 2.96. The maximum atomic E-state index is 12.3. The maximum absolute atomic E-state index is 12.3. The molecule has 0 saturated heterocycles. The normalized spacial score (nSPS) is 11.6. The number of nitrogens with zero attached hydrogens (tertiary/aromatic N) is 4. The van der Waals surface area contributed by atoms with Crippen LogP contribution in [0, 0.1) is 0 Å². The maximum Gasteiger partial charge on any atom is 0.408 e. The Kier molecular flexibility index (Phi) is 4.60. The average molecular weight is 368 g/mol. The van der Waals surface area contributed by atoms with Crippen LogP contribution in [-0.2, 0) is 13.0 Å². The highest BCUT2D eigenvalue weighted by Crippen LogP contribution is 2.19. The molecule has 21 heavy (non-hydrogen) atoms. The van der Waals surface area contributed by atoms with Crippen LogP contribution >= 0.6 is 15.9 Å². The summed E-state index contributed by atoms with van der Waals surface area (Å²) in [5.41, 5.74) is -0.571. The van der Waals surface area contributed by atoms with Crippen LogP contribution in [0.1, 0.15) is 5.82 Å². The SMILES string of the molecule is O=c1c(Br)c(NCCc2ncon2)cnn1CC(F)(F)F. The molecule has 0 aliphatic rings. The van der Waals surface area contributed by atoms with Crippen LogP contribution in [0.3, 0.4) is 0 Å². The zero-order chi connectivity index (χ0) is 15.5. The van der Waals surface area contributed by atoms with Crippen LogP contribution in [0.2, 0.25) is 0 Å². The third-order valence-electron chi connectivity index (χ3n) is 2.38. The van der Waals surface area contributed by atoms with Crippen molar-refractivity contribution in [2.45, 2.75) is 19.1 Å². The summed E-state index contributed by atoms with van der Waals surface area (Å²) in [6, 6.07) is 0. The molecule has 114 valence electrons. The van der Waals surface area contributed by atoms with Gasteiger partial charge in [0.1, 0.15) is 11.0 Å². The molecule has 0 saturated carbocycles. The molecule has 0 bridgehead atoms. The summed E-state index contributed by atoms with van der Waals surface area (Å²) in [4.78, 5) is 15.5. The van der Waals surface area contributed by atoms with Crippen molar-refractivity contribution in [3.8, 4) is 0 Å². The van der Waals surface area contributed by atoms with Gasteiger partial charge in [-0.2, -0.15) is 23.3 Å². The van der Waals surface area contributed by atoms with E-state index in [1.165, 1.54) is 6.39 Å². The fraction of sp³-hybridized carbons (Fsp3) is 0.400. The molecule has 0 aromatic carbocycles. The average Bonchev–Trinajstić information content (AvgIpc) is 2.89. The lowest BCUT2D eigenvalue weighted by Gasteiger charge is -2.11. The summed E-state index contributed by atoms with van der Waals surface area (Å²) in [6.45, 7) is -1.07. The third-order valence-corrected chi connectivity index (χ3v) is 3.15. The van der Waals surface area contributed by atoms with Gasteiger partial charge in [-0.15, -0.1) is 0 Å².